The largest absolute Gasteiger partial charge is 0.454 e. The number of carbonyl (C=O) groups is 2. The number of hydrogen-bond acceptors (Lipinski definition) is 2. The lowest BCUT2D eigenvalue weighted by Gasteiger charge is -2.24. The minimum Gasteiger partial charge on any atom is -0.350 e. The lowest BCUT2D eigenvalue weighted by molar-refractivity contribution is -0.123. The summed E-state index contributed by atoms with van der Waals surface area (Å²) in [5.41, 5.74) is -0.852. The van der Waals surface area contributed by atoms with E-state index in [1.807, 2.05) is 20.8 Å². The molecule has 0 aliphatic heterocycles. The molecule has 1 aromatic heterocycles. The molecule has 7 heteroatoms. The Morgan fingerprint density at radius 2 is 1.90 bits per heavy atom. The molecule has 0 fully saturated rings. The highest BCUT2D eigenvalue weighted by Crippen LogP contribution is 2.21. The molecule has 1 aromatic rings. The van der Waals surface area contributed by atoms with Gasteiger partial charge in [0.05, 0.1) is 0 Å². The van der Waals surface area contributed by atoms with Crippen LogP contribution in [0.25, 0.3) is 0 Å². The molecular formula is C13H17F3N2O2. The second-order valence-corrected chi connectivity index (χ2v) is 5.19. The summed E-state index contributed by atoms with van der Waals surface area (Å²) >= 11 is 0. The number of nitrogens with zero attached hydrogens (tertiary/aromatic N) is 1. The van der Waals surface area contributed by atoms with E-state index in [9.17, 15) is 22.8 Å². The van der Waals surface area contributed by atoms with Crippen LogP contribution in [-0.4, -0.2) is 28.0 Å². The van der Waals surface area contributed by atoms with Crippen molar-refractivity contribution in [3.63, 3.8) is 0 Å². The van der Waals surface area contributed by atoms with Gasteiger partial charge < -0.3 is 9.88 Å². The van der Waals surface area contributed by atoms with Gasteiger partial charge in [-0.15, -0.1) is 0 Å². The van der Waals surface area contributed by atoms with Crippen molar-refractivity contribution in [2.45, 2.75) is 45.5 Å². The van der Waals surface area contributed by atoms with E-state index >= 15 is 0 Å². The molecule has 0 aliphatic carbocycles. The number of halogens is 3. The number of nitrogens with one attached hydrogen (secondary N) is 1. The standard InChI is InChI=1S/C13H17F3N2O2/c1-4-12(2,3)17-10(19)8-18-6-5-9(7-18)11(20)13(14,15)16/h5-7H,4,8H2,1-3H3,(H,17,19). The molecule has 0 radical (unpaired) electrons. The molecule has 112 valence electrons. The average molecular weight is 290 g/mol. The fourth-order valence-electron chi connectivity index (χ4n) is 1.51. The van der Waals surface area contributed by atoms with Crippen LogP contribution in [0.2, 0.25) is 0 Å². The van der Waals surface area contributed by atoms with Crippen molar-refractivity contribution in [3.8, 4) is 0 Å². The molecule has 0 unspecified atom stereocenters. The first-order valence-electron chi connectivity index (χ1n) is 6.13. The van der Waals surface area contributed by atoms with E-state index in [2.05, 4.69) is 5.32 Å². The van der Waals surface area contributed by atoms with Crippen molar-refractivity contribution in [3.05, 3.63) is 24.0 Å². The molecule has 0 saturated heterocycles. The van der Waals surface area contributed by atoms with Crippen molar-refractivity contribution in [2.75, 3.05) is 0 Å². The monoisotopic (exact) mass is 290 g/mol. The quantitative estimate of drug-likeness (QED) is 0.847. The molecule has 1 rings (SSSR count). The molecule has 0 saturated carbocycles. The first-order chi connectivity index (χ1) is 9.05. The van der Waals surface area contributed by atoms with Crippen LogP contribution in [0.4, 0.5) is 13.2 Å². The summed E-state index contributed by atoms with van der Waals surface area (Å²) < 4.78 is 38.0. The maximum atomic E-state index is 12.2. The smallest absolute Gasteiger partial charge is 0.350 e. The third kappa shape index (κ3) is 4.40. The zero-order chi connectivity index (χ0) is 15.6. The van der Waals surface area contributed by atoms with Gasteiger partial charge >= 0.3 is 6.18 Å². The zero-order valence-electron chi connectivity index (χ0n) is 11.5. The van der Waals surface area contributed by atoms with Crippen LogP contribution in [-0.2, 0) is 11.3 Å². The average Bonchev–Trinajstić information content (AvgIpc) is 2.74. The molecule has 4 nitrogen and oxygen atoms in total. The summed E-state index contributed by atoms with van der Waals surface area (Å²) in [7, 11) is 0. The summed E-state index contributed by atoms with van der Waals surface area (Å²) in [6.45, 7) is 5.48. The summed E-state index contributed by atoms with van der Waals surface area (Å²) in [5, 5.41) is 2.76. The Kier molecular flexibility index (Phi) is 4.62. The van der Waals surface area contributed by atoms with Crippen molar-refractivity contribution < 1.29 is 22.8 Å². The van der Waals surface area contributed by atoms with Crippen LogP contribution in [0, 0.1) is 0 Å². The van der Waals surface area contributed by atoms with Crippen molar-refractivity contribution in [1.82, 2.24) is 9.88 Å². The maximum absolute atomic E-state index is 12.2. The number of aromatic nitrogens is 1. The SMILES string of the molecule is CCC(C)(C)NC(=O)Cn1ccc(C(=O)C(F)(F)F)c1. The van der Waals surface area contributed by atoms with Gasteiger partial charge in [0, 0.05) is 23.5 Å². The molecule has 1 heterocycles. The van der Waals surface area contributed by atoms with E-state index in [4.69, 9.17) is 0 Å². The Balaban J connectivity index is 2.70. The maximum Gasteiger partial charge on any atom is 0.454 e. The summed E-state index contributed by atoms with van der Waals surface area (Å²) in [4.78, 5) is 22.7. The Bertz CT molecular complexity index is 504. The van der Waals surface area contributed by atoms with Crippen molar-refractivity contribution in [1.29, 1.82) is 0 Å². The van der Waals surface area contributed by atoms with E-state index in [-0.39, 0.29) is 18.0 Å². The van der Waals surface area contributed by atoms with Crippen LogP contribution in [0.15, 0.2) is 18.5 Å². The van der Waals surface area contributed by atoms with Gasteiger partial charge in [0.25, 0.3) is 5.78 Å². The number of hydrogen-bond donors (Lipinski definition) is 1. The van der Waals surface area contributed by atoms with Crippen molar-refractivity contribution >= 4 is 11.7 Å². The predicted octanol–water partition coefficient (Wildman–Crippen LogP) is 2.54. The Morgan fingerprint density at radius 3 is 2.40 bits per heavy atom. The third-order valence-electron chi connectivity index (χ3n) is 2.96. The lowest BCUT2D eigenvalue weighted by Crippen LogP contribution is -2.44. The van der Waals surface area contributed by atoms with Crippen LogP contribution in [0.1, 0.15) is 37.6 Å². The van der Waals surface area contributed by atoms with Gasteiger partial charge in [-0.3, -0.25) is 9.59 Å². The van der Waals surface area contributed by atoms with Crippen LogP contribution in [0.3, 0.4) is 0 Å². The highest BCUT2D eigenvalue weighted by Gasteiger charge is 2.39. The molecule has 1 N–H and O–H groups in total. The second kappa shape index (κ2) is 5.68. The van der Waals surface area contributed by atoms with E-state index < -0.39 is 17.5 Å². The van der Waals surface area contributed by atoms with E-state index in [1.165, 1.54) is 10.8 Å². The summed E-state index contributed by atoms with van der Waals surface area (Å²) in [6, 6.07) is 1.05. The summed E-state index contributed by atoms with van der Waals surface area (Å²) in [6.07, 6.45) is -1.88. The van der Waals surface area contributed by atoms with Gasteiger partial charge in [0.2, 0.25) is 5.91 Å². The predicted molar refractivity (Wildman–Crippen MR) is 67.3 cm³/mol. The minimum absolute atomic E-state index is 0.130. The number of alkyl halides is 3. The highest BCUT2D eigenvalue weighted by molar-refractivity contribution is 6.00. The number of Topliss-reactive ketones (excluding diaryl/α,β-unsaturated/α-hetero) is 1. The number of rotatable bonds is 5. The number of carbonyl (C=O) groups excluding carboxylic acids is 2. The molecule has 0 spiro atoms. The van der Waals surface area contributed by atoms with E-state index in [1.54, 1.807) is 0 Å². The number of ketones is 1. The van der Waals surface area contributed by atoms with Gasteiger partial charge in [-0.1, -0.05) is 6.92 Å². The van der Waals surface area contributed by atoms with Gasteiger partial charge in [-0.2, -0.15) is 13.2 Å². The minimum atomic E-state index is -4.90. The van der Waals surface area contributed by atoms with E-state index in [0.29, 0.717) is 0 Å². The number of amides is 1. The molecule has 0 bridgehead atoms. The van der Waals surface area contributed by atoms with Gasteiger partial charge in [-0.05, 0) is 26.3 Å². The molecule has 20 heavy (non-hydrogen) atoms. The molecule has 0 aliphatic rings. The van der Waals surface area contributed by atoms with E-state index in [0.717, 1.165) is 18.7 Å². The zero-order valence-corrected chi connectivity index (χ0v) is 11.5. The van der Waals surface area contributed by atoms with Crippen molar-refractivity contribution in [2.24, 2.45) is 0 Å². The van der Waals surface area contributed by atoms with Crippen LogP contribution in [0.5, 0.6) is 0 Å². The first-order valence-corrected chi connectivity index (χ1v) is 6.13. The fraction of sp³-hybridized carbons (Fsp3) is 0.538. The molecule has 1 amide bonds. The normalized spacial score (nSPS) is 12.3. The second-order valence-electron chi connectivity index (χ2n) is 5.19. The first kappa shape index (κ1) is 16.3. The van der Waals surface area contributed by atoms with Crippen LogP contribution < -0.4 is 5.32 Å². The van der Waals surface area contributed by atoms with Gasteiger partial charge in [0.15, 0.2) is 0 Å². The third-order valence-corrected chi connectivity index (χ3v) is 2.96. The lowest BCUT2D eigenvalue weighted by atomic mass is 10.0. The summed E-state index contributed by atoms with van der Waals surface area (Å²) in [5.74, 6) is -2.23. The fourth-order valence-corrected chi connectivity index (χ4v) is 1.51. The Morgan fingerprint density at radius 1 is 1.30 bits per heavy atom. The van der Waals surface area contributed by atoms with Gasteiger partial charge in [0.1, 0.15) is 6.54 Å². The highest BCUT2D eigenvalue weighted by atomic mass is 19.4. The topological polar surface area (TPSA) is 51.1 Å². The Labute approximate surface area is 115 Å². The van der Waals surface area contributed by atoms with Gasteiger partial charge in [-0.25, -0.2) is 0 Å². The van der Waals surface area contributed by atoms with Crippen LogP contribution >= 0.6 is 0 Å². The molecule has 0 atom stereocenters. The molecule has 0 aromatic carbocycles. The molecular weight excluding hydrogens is 273 g/mol. The Hall–Kier alpha value is -1.79.